The van der Waals surface area contributed by atoms with Gasteiger partial charge in [-0.3, -0.25) is 4.79 Å². The van der Waals surface area contributed by atoms with E-state index in [4.69, 9.17) is 9.15 Å². The number of furan rings is 1. The Morgan fingerprint density at radius 1 is 1.38 bits per heavy atom. The van der Waals surface area contributed by atoms with Crippen LogP contribution in [0.1, 0.15) is 17.8 Å². The number of ether oxygens (including phenoxy) is 1. The number of aryl methyl sites for hydroxylation is 1. The van der Waals surface area contributed by atoms with E-state index in [1.807, 2.05) is 0 Å². The topological polar surface area (TPSA) is 89.5 Å². The maximum absolute atomic E-state index is 13.5. The van der Waals surface area contributed by atoms with E-state index in [0.29, 0.717) is 22.3 Å². The van der Waals surface area contributed by atoms with Gasteiger partial charge in [0, 0.05) is 49.4 Å². The molecule has 2 N–H and O–H groups in total. The highest BCUT2D eigenvalue weighted by atomic mass is 19.4. The number of nitrogens with one attached hydrogen (secondary N) is 1. The number of hydrogen-bond acceptors (Lipinski definition) is 5. The number of hydrogen-bond donors (Lipinski definition) is 2. The van der Waals surface area contributed by atoms with Gasteiger partial charge in [-0.25, -0.2) is 4.98 Å². The number of aromatic nitrogens is 2. The molecule has 1 unspecified atom stereocenters. The smallest absolute Gasteiger partial charge is 0.424 e. The lowest BCUT2D eigenvalue weighted by Crippen LogP contribution is -2.46. The molecular weight excluding hydrogens is 391 g/mol. The highest BCUT2D eigenvalue weighted by molar-refractivity contribution is 5.88. The molecule has 1 atom stereocenters. The van der Waals surface area contributed by atoms with E-state index in [0.717, 1.165) is 4.57 Å². The zero-order valence-electron chi connectivity index (χ0n) is 15.8. The van der Waals surface area contributed by atoms with Crippen molar-refractivity contribution >= 4 is 16.9 Å². The number of halogens is 3. The van der Waals surface area contributed by atoms with Crippen molar-refractivity contribution in [1.82, 2.24) is 14.9 Å². The second kappa shape index (κ2) is 7.78. The number of methoxy groups -OCH3 is 1. The van der Waals surface area contributed by atoms with Gasteiger partial charge in [-0.1, -0.05) is 0 Å². The Morgan fingerprint density at radius 3 is 2.76 bits per heavy atom. The van der Waals surface area contributed by atoms with Gasteiger partial charge in [-0.2, -0.15) is 13.2 Å². The van der Waals surface area contributed by atoms with E-state index in [1.54, 1.807) is 18.2 Å². The number of rotatable bonds is 7. The molecule has 29 heavy (non-hydrogen) atoms. The van der Waals surface area contributed by atoms with Crippen molar-refractivity contribution in [3.63, 3.8) is 0 Å². The van der Waals surface area contributed by atoms with E-state index in [1.165, 1.54) is 32.8 Å². The number of aliphatic hydroxyl groups is 1. The summed E-state index contributed by atoms with van der Waals surface area (Å²) in [5, 5.41) is 13.4. The van der Waals surface area contributed by atoms with Crippen molar-refractivity contribution in [2.75, 3.05) is 13.7 Å². The normalized spacial score (nSPS) is 14.0. The van der Waals surface area contributed by atoms with Crippen LogP contribution in [0.25, 0.3) is 11.0 Å². The van der Waals surface area contributed by atoms with Crippen LogP contribution >= 0.6 is 0 Å². The molecule has 3 aromatic rings. The van der Waals surface area contributed by atoms with Gasteiger partial charge in [0.05, 0.1) is 19.8 Å². The Hall–Kier alpha value is -3.01. The second-order valence-electron chi connectivity index (χ2n) is 6.62. The quantitative estimate of drug-likeness (QED) is 0.624. The van der Waals surface area contributed by atoms with Crippen molar-refractivity contribution in [2.24, 2.45) is 7.05 Å². The number of imidazole rings is 1. The summed E-state index contributed by atoms with van der Waals surface area (Å²) < 4.78 is 52.0. The Balaban J connectivity index is 1.65. The third-order valence-corrected chi connectivity index (χ3v) is 4.68. The largest absolute Gasteiger partial charge is 0.497 e. The molecule has 2 heterocycles. The van der Waals surface area contributed by atoms with Gasteiger partial charge in [-0.15, -0.1) is 0 Å². The van der Waals surface area contributed by atoms with Crippen LogP contribution in [0.3, 0.4) is 0 Å². The van der Waals surface area contributed by atoms with E-state index < -0.39 is 29.9 Å². The molecule has 1 aromatic carbocycles. The summed E-state index contributed by atoms with van der Waals surface area (Å²) in [5.74, 6) is -0.425. The van der Waals surface area contributed by atoms with Crippen LogP contribution in [-0.2, 0) is 23.9 Å². The first-order valence-corrected chi connectivity index (χ1v) is 8.73. The number of benzene rings is 1. The maximum Gasteiger partial charge on any atom is 0.424 e. The van der Waals surface area contributed by atoms with Gasteiger partial charge in [0.25, 0.3) is 0 Å². The lowest BCUT2D eigenvalue weighted by atomic mass is 9.97. The fourth-order valence-electron chi connectivity index (χ4n) is 3.09. The third-order valence-electron chi connectivity index (χ3n) is 4.68. The molecule has 0 aliphatic rings. The standard InChI is InChI=1S/C19H20F3N3O4/c1-25-8-7-24-17(25)18(27,19(20,21)22)5-6-23-16(26)9-12-11-29-15-10-13(28-2)3-4-14(12)15/h3-4,7-8,10-11,27H,5-6,9H2,1-2H3,(H,23,26). The molecule has 0 saturated heterocycles. The molecule has 0 saturated carbocycles. The molecular formula is C19H20F3N3O4. The number of amides is 1. The summed E-state index contributed by atoms with van der Waals surface area (Å²) in [6.45, 7) is -0.384. The Labute approximate surface area is 164 Å². The van der Waals surface area contributed by atoms with Crippen molar-refractivity contribution < 1.29 is 32.2 Å². The summed E-state index contributed by atoms with van der Waals surface area (Å²) in [4.78, 5) is 15.8. The Morgan fingerprint density at radius 2 is 2.14 bits per heavy atom. The second-order valence-corrected chi connectivity index (χ2v) is 6.62. The first-order chi connectivity index (χ1) is 13.7. The molecule has 0 spiro atoms. The molecule has 1 amide bonds. The molecule has 2 aromatic heterocycles. The Kier molecular flexibility index (Phi) is 5.56. The minimum absolute atomic E-state index is 0.0772. The van der Waals surface area contributed by atoms with Crippen LogP contribution in [0.5, 0.6) is 5.75 Å². The molecule has 0 fully saturated rings. The molecule has 7 nitrogen and oxygen atoms in total. The van der Waals surface area contributed by atoms with Gasteiger partial charge in [-0.05, 0) is 12.1 Å². The fourth-order valence-corrected chi connectivity index (χ4v) is 3.09. The highest BCUT2D eigenvalue weighted by Crippen LogP contribution is 2.40. The van der Waals surface area contributed by atoms with E-state index in [-0.39, 0.29) is 13.0 Å². The predicted octanol–water partition coefficient (Wildman–Crippen LogP) is 2.67. The average Bonchev–Trinajstić information content (AvgIpc) is 3.26. The van der Waals surface area contributed by atoms with E-state index in [2.05, 4.69) is 10.3 Å². The van der Waals surface area contributed by atoms with Crippen molar-refractivity contribution in [3.8, 4) is 5.75 Å². The van der Waals surface area contributed by atoms with Crippen LogP contribution in [-0.4, -0.2) is 40.4 Å². The molecule has 0 radical (unpaired) electrons. The first kappa shape index (κ1) is 20.7. The summed E-state index contributed by atoms with van der Waals surface area (Å²) in [7, 11) is 2.88. The van der Waals surface area contributed by atoms with Crippen LogP contribution in [0, 0.1) is 0 Å². The third kappa shape index (κ3) is 4.07. The number of nitrogens with zero attached hydrogens (tertiary/aromatic N) is 2. The van der Waals surface area contributed by atoms with E-state index in [9.17, 15) is 23.1 Å². The minimum Gasteiger partial charge on any atom is -0.497 e. The highest BCUT2D eigenvalue weighted by Gasteiger charge is 2.57. The maximum atomic E-state index is 13.5. The monoisotopic (exact) mass is 411 g/mol. The number of carbonyl (C=O) groups excluding carboxylic acids is 1. The average molecular weight is 411 g/mol. The number of alkyl halides is 3. The molecule has 0 aliphatic heterocycles. The van der Waals surface area contributed by atoms with Gasteiger partial charge in [0.1, 0.15) is 17.2 Å². The summed E-state index contributed by atoms with van der Waals surface area (Å²) in [6.07, 6.45) is -1.89. The predicted molar refractivity (Wildman–Crippen MR) is 97.3 cm³/mol. The number of fused-ring (bicyclic) bond motifs is 1. The minimum atomic E-state index is -4.95. The Bertz CT molecular complexity index is 1010. The van der Waals surface area contributed by atoms with Crippen LogP contribution in [0.2, 0.25) is 0 Å². The van der Waals surface area contributed by atoms with Gasteiger partial charge in [0.2, 0.25) is 11.5 Å². The summed E-state index contributed by atoms with van der Waals surface area (Å²) in [6, 6.07) is 5.13. The zero-order chi connectivity index (χ0) is 21.2. The molecule has 0 aliphatic carbocycles. The zero-order valence-corrected chi connectivity index (χ0v) is 15.8. The summed E-state index contributed by atoms with van der Waals surface area (Å²) >= 11 is 0. The molecule has 156 valence electrons. The van der Waals surface area contributed by atoms with Crippen LogP contribution in [0.15, 0.2) is 41.3 Å². The fraction of sp³-hybridized carbons (Fsp3) is 0.368. The van der Waals surface area contributed by atoms with Gasteiger partial charge >= 0.3 is 6.18 Å². The molecule has 3 rings (SSSR count). The number of carbonyl (C=O) groups is 1. The summed E-state index contributed by atoms with van der Waals surface area (Å²) in [5.41, 5.74) is -2.04. The van der Waals surface area contributed by atoms with Crippen LogP contribution in [0.4, 0.5) is 13.2 Å². The van der Waals surface area contributed by atoms with Crippen molar-refractivity contribution in [3.05, 3.63) is 48.2 Å². The van der Waals surface area contributed by atoms with Crippen LogP contribution < -0.4 is 10.1 Å². The van der Waals surface area contributed by atoms with Gasteiger partial charge < -0.3 is 24.1 Å². The van der Waals surface area contributed by atoms with E-state index >= 15 is 0 Å². The molecule has 0 bridgehead atoms. The lowest BCUT2D eigenvalue weighted by molar-refractivity contribution is -0.272. The lowest BCUT2D eigenvalue weighted by Gasteiger charge is -2.29. The van der Waals surface area contributed by atoms with Gasteiger partial charge in [0.15, 0.2) is 0 Å². The SMILES string of the molecule is COc1ccc2c(CC(=O)NCCC(O)(c3nccn3C)C(F)(F)F)coc2c1. The van der Waals surface area contributed by atoms with Crippen molar-refractivity contribution in [2.45, 2.75) is 24.6 Å². The molecule has 10 heteroatoms. The first-order valence-electron chi connectivity index (χ1n) is 8.73. The van der Waals surface area contributed by atoms with Crippen molar-refractivity contribution in [1.29, 1.82) is 0 Å².